The van der Waals surface area contributed by atoms with Gasteiger partial charge in [0.2, 0.25) is 0 Å². The number of ether oxygens (including phenoxy) is 4. The summed E-state index contributed by atoms with van der Waals surface area (Å²) in [7, 11) is 0. The molecule has 0 heterocycles. The van der Waals surface area contributed by atoms with Gasteiger partial charge in [0.15, 0.2) is 26.4 Å². The van der Waals surface area contributed by atoms with Crippen LogP contribution in [0.4, 0.5) is 35.1 Å². The van der Waals surface area contributed by atoms with E-state index in [4.69, 9.17) is 10.2 Å². The third-order valence-corrected chi connectivity index (χ3v) is 3.20. The van der Waals surface area contributed by atoms with Crippen LogP contribution in [0.25, 0.3) is 0 Å². The second-order valence-corrected chi connectivity index (χ2v) is 6.61. The van der Waals surface area contributed by atoms with Gasteiger partial charge in [0.25, 0.3) is 0 Å². The normalized spacial score (nSPS) is 11.2. The third-order valence-electron chi connectivity index (χ3n) is 3.20. The Labute approximate surface area is 211 Å². The highest BCUT2D eigenvalue weighted by Crippen LogP contribution is 2.35. The van der Waals surface area contributed by atoms with Crippen LogP contribution in [0.3, 0.4) is 0 Å². The highest BCUT2D eigenvalue weighted by atomic mass is 19.3. The van der Waals surface area contributed by atoms with Crippen LogP contribution in [-0.2, 0) is 38.1 Å². The summed E-state index contributed by atoms with van der Waals surface area (Å²) in [6.45, 7) is -3.19. The Morgan fingerprint density at radius 3 is 0.947 bits per heavy atom. The Morgan fingerprint density at radius 2 is 0.763 bits per heavy atom. The van der Waals surface area contributed by atoms with Gasteiger partial charge in [-0.25, -0.2) is 0 Å². The van der Waals surface area contributed by atoms with Crippen molar-refractivity contribution in [2.24, 2.45) is 0 Å². The van der Waals surface area contributed by atoms with Crippen LogP contribution < -0.4 is 0 Å². The van der Waals surface area contributed by atoms with E-state index in [2.05, 4.69) is 30.8 Å². The quantitative estimate of drug-likeness (QED) is 0.170. The zero-order valence-corrected chi connectivity index (χ0v) is 20.4. The van der Waals surface area contributed by atoms with E-state index in [1.54, 1.807) is 0 Å². The number of carbonyl (C=O) groups is 4. The fraction of sp³-hybridized carbons (Fsp3) is 0.700. The van der Waals surface area contributed by atoms with Crippen molar-refractivity contribution in [3.8, 4) is 11.8 Å². The maximum absolute atomic E-state index is 12.8. The van der Waals surface area contributed by atoms with Crippen molar-refractivity contribution in [3.63, 3.8) is 0 Å². The highest BCUT2D eigenvalue weighted by Gasteiger charge is 2.58. The predicted molar refractivity (Wildman–Crippen MR) is 108 cm³/mol. The molecule has 0 amide bonds. The van der Waals surface area contributed by atoms with Gasteiger partial charge in [-0.2, -0.15) is 35.1 Å². The van der Waals surface area contributed by atoms with Gasteiger partial charge in [-0.05, 0) is 0 Å². The minimum atomic E-state index is -4.59. The smallest absolute Gasteiger partial charge is 0.346 e. The highest BCUT2D eigenvalue weighted by molar-refractivity contribution is 5.67. The molecule has 0 radical (unpaired) electrons. The number of rotatable bonds is 10. The molecule has 10 nitrogen and oxygen atoms in total. The molecule has 2 N–H and O–H groups in total. The molecule has 0 saturated carbocycles. The Balaban J connectivity index is -0.000000499. The zero-order valence-electron chi connectivity index (χ0n) is 20.4. The van der Waals surface area contributed by atoms with Crippen LogP contribution in [-0.4, -0.2) is 97.4 Å². The summed E-state index contributed by atoms with van der Waals surface area (Å²) in [5.74, 6) is -16.2. The predicted octanol–water partition coefficient (Wildman–Crippen LogP) is 1.74. The average Bonchev–Trinajstić information content (AvgIpc) is 2.79. The molecule has 0 spiro atoms. The van der Waals surface area contributed by atoms with Crippen LogP contribution in [0.15, 0.2) is 0 Å². The second-order valence-electron chi connectivity index (χ2n) is 6.61. The van der Waals surface area contributed by atoms with E-state index >= 15 is 0 Å². The Bertz CT molecular complexity index is 758. The first-order chi connectivity index (χ1) is 17.1. The van der Waals surface area contributed by atoms with Crippen molar-refractivity contribution < 1.29 is 83.5 Å². The van der Waals surface area contributed by atoms with Crippen LogP contribution in [0, 0.1) is 11.8 Å². The van der Waals surface area contributed by atoms with Crippen LogP contribution in [0.2, 0.25) is 0 Å². The van der Waals surface area contributed by atoms with Crippen molar-refractivity contribution in [3.05, 3.63) is 0 Å². The molecule has 0 fully saturated rings. The topological polar surface area (TPSA) is 146 Å². The maximum atomic E-state index is 12.8. The number of hydrogen-bond acceptors (Lipinski definition) is 10. The Hall–Kier alpha value is -3.20. The summed E-state index contributed by atoms with van der Waals surface area (Å²) in [6.07, 6.45) is 0. The molecule has 222 valence electrons. The van der Waals surface area contributed by atoms with Gasteiger partial charge >= 0.3 is 47.6 Å². The monoisotopic (exact) mass is 578 g/mol. The number of halogens is 8. The Morgan fingerprint density at radius 1 is 0.526 bits per heavy atom. The lowest BCUT2D eigenvalue weighted by atomic mass is 10.2. The largest absolute Gasteiger partial charge is 0.459 e. The van der Waals surface area contributed by atoms with Gasteiger partial charge in [-0.3, -0.25) is 19.2 Å². The van der Waals surface area contributed by atoms with E-state index in [1.165, 1.54) is 13.8 Å². The van der Waals surface area contributed by atoms with Gasteiger partial charge < -0.3 is 29.2 Å². The first-order valence-electron chi connectivity index (χ1n) is 9.80. The van der Waals surface area contributed by atoms with Gasteiger partial charge in [0.1, 0.15) is 13.2 Å². The van der Waals surface area contributed by atoms with Gasteiger partial charge in [-0.1, -0.05) is 11.8 Å². The first kappa shape index (κ1) is 39.3. The van der Waals surface area contributed by atoms with E-state index in [9.17, 15) is 54.3 Å². The molecule has 0 aliphatic heterocycles. The molecule has 38 heavy (non-hydrogen) atoms. The van der Waals surface area contributed by atoms with Gasteiger partial charge in [-0.15, -0.1) is 0 Å². The summed E-state index contributed by atoms with van der Waals surface area (Å²) < 4.78 is 115. The number of carbonyl (C=O) groups excluding carboxylic acids is 4. The molecule has 0 rings (SSSR count). The SMILES string of the molecule is CC(=O)OCC#CCOC(C)=O.CC(=O)OCC(F)(F)C(F)(F)COC(C)=O.OCC(F)(F)C(F)(F)CO. The van der Waals surface area contributed by atoms with Crippen molar-refractivity contribution in [1.82, 2.24) is 0 Å². The average molecular weight is 578 g/mol. The van der Waals surface area contributed by atoms with Crippen LogP contribution in [0.5, 0.6) is 0 Å². The molecule has 0 aromatic heterocycles. The molecule has 0 unspecified atom stereocenters. The van der Waals surface area contributed by atoms with E-state index in [0.717, 1.165) is 13.8 Å². The first-order valence-corrected chi connectivity index (χ1v) is 9.80. The molecule has 0 saturated heterocycles. The van der Waals surface area contributed by atoms with Crippen LogP contribution >= 0.6 is 0 Å². The fourth-order valence-electron chi connectivity index (χ4n) is 1.20. The molecule has 0 aliphatic carbocycles. The number of aliphatic hydroxyl groups is 2. The lowest BCUT2D eigenvalue weighted by molar-refractivity contribution is -0.247. The van der Waals surface area contributed by atoms with Crippen molar-refractivity contribution in [2.75, 3.05) is 39.6 Å². The van der Waals surface area contributed by atoms with E-state index in [1.807, 2.05) is 0 Å². The van der Waals surface area contributed by atoms with E-state index < -0.39 is 62.1 Å². The maximum Gasteiger partial charge on any atom is 0.346 e. The summed E-state index contributed by atoms with van der Waals surface area (Å²) in [6, 6.07) is 0. The molecule has 0 atom stereocenters. The summed E-state index contributed by atoms with van der Waals surface area (Å²) in [5, 5.41) is 15.4. The second kappa shape index (κ2) is 18.1. The molecule has 0 aliphatic rings. The number of esters is 4. The lowest BCUT2D eigenvalue weighted by Crippen LogP contribution is -2.48. The van der Waals surface area contributed by atoms with E-state index in [-0.39, 0.29) is 25.2 Å². The van der Waals surface area contributed by atoms with Crippen molar-refractivity contribution in [1.29, 1.82) is 0 Å². The standard InChI is InChI=1S/C8H10F4O4.C8H10O4.C4H6F4O2/c1-5(13)15-3-7(9,10)8(11,12)4-16-6(2)14;1-7(9)11-5-3-4-6-12-8(2)10;5-3(6,1-9)4(7,8)2-10/h3-4H2,1-2H3;5-6H2,1-2H3;9-10H,1-2H2. The van der Waals surface area contributed by atoms with Crippen LogP contribution in [0.1, 0.15) is 27.7 Å². The van der Waals surface area contributed by atoms with Gasteiger partial charge in [0.05, 0.1) is 0 Å². The molecular formula is C20H26F8O10. The van der Waals surface area contributed by atoms with E-state index in [0.29, 0.717) is 0 Å². The minimum Gasteiger partial charge on any atom is -0.459 e. The fourth-order valence-corrected chi connectivity index (χ4v) is 1.20. The molecule has 0 aromatic carbocycles. The molecular weight excluding hydrogens is 552 g/mol. The zero-order chi connectivity index (χ0) is 30.8. The molecule has 0 bridgehead atoms. The summed E-state index contributed by atoms with van der Waals surface area (Å²) in [5.41, 5.74) is 0. The number of aliphatic hydroxyl groups excluding tert-OH is 2. The number of alkyl halides is 8. The Kier molecular flexibility index (Phi) is 18.7. The van der Waals surface area contributed by atoms with Crippen molar-refractivity contribution >= 4 is 23.9 Å². The number of hydrogen-bond donors (Lipinski definition) is 2. The minimum absolute atomic E-state index is 0.0383. The molecule has 0 aromatic rings. The van der Waals surface area contributed by atoms with Crippen molar-refractivity contribution in [2.45, 2.75) is 51.4 Å². The van der Waals surface area contributed by atoms with Gasteiger partial charge in [0, 0.05) is 27.7 Å². The summed E-state index contributed by atoms with van der Waals surface area (Å²) >= 11 is 0. The summed E-state index contributed by atoms with van der Waals surface area (Å²) in [4.78, 5) is 40.8. The third kappa shape index (κ3) is 19.0. The lowest BCUT2D eigenvalue weighted by Gasteiger charge is -2.25. The molecule has 18 heteroatoms.